The van der Waals surface area contributed by atoms with Gasteiger partial charge in [-0.15, -0.1) is 0 Å². The van der Waals surface area contributed by atoms with Crippen molar-refractivity contribution < 1.29 is 13.9 Å². The Morgan fingerprint density at radius 2 is 1.89 bits per heavy atom. The third kappa shape index (κ3) is 2.87. The standard InChI is InChI=1S/C14H20F2N2O/c1-3-11-8-18(5-4-17(11)2)14-12(15)6-10(9-19)7-13(14)16/h6-7,11,19H,3-5,8-9H2,1-2H3. The van der Waals surface area contributed by atoms with Crippen molar-refractivity contribution in [3.63, 3.8) is 0 Å². The van der Waals surface area contributed by atoms with Crippen molar-refractivity contribution in [1.29, 1.82) is 0 Å². The second kappa shape index (κ2) is 5.84. The Morgan fingerprint density at radius 3 is 2.42 bits per heavy atom. The number of rotatable bonds is 3. The van der Waals surface area contributed by atoms with Crippen LogP contribution in [0.15, 0.2) is 12.1 Å². The Morgan fingerprint density at radius 1 is 1.26 bits per heavy atom. The summed E-state index contributed by atoms with van der Waals surface area (Å²) in [6, 6.07) is 2.72. The van der Waals surface area contributed by atoms with E-state index in [1.807, 2.05) is 7.05 Å². The molecule has 0 radical (unpaired) electrons. The van der Waals surface area contributed by atoms with E-state index in [1.54, 1.807) is 4.90 Å². The van der Waals surface area contributed by atoms with Crippen molar-refractivity contribution in [3.8, 4) is 0 Å². The molecule has 1 heterocycles. The van der Waals surface area contributed by atoms with Crippen molar-refractivity contribution in [2.24, 2.45) is 0 Å². The first-order valence-corrected chi connectivity index (χ1v) is 6.60. The zero-order chi connectivity index (χ0) is 14.0. The molecule has 0 bridgehead atoms. The molecule has 0 aliphatic carbocycles. The smallest absolute Gasteiger partial charge is 0.149 e. The molecule has 2 rings (SSSR count). The molecule has 1 N–H and O–H groups in total. The van der Waals surface area contributed by atoms with Crippen LogP contribution in [0.25, 0.3) is 0 Å². The summed E-state index contributed by atoms with van der Waals surface area (Å²) < 4.78 is 28.0. The second-order valence-corrected chi connectivity index (χ2v) is 5.05. The first kappa shape index (κ1) is 14.2. The normalized spacial score (nSPS) is 20.9. The van der Waals surface area contributed by atoms with Gasteiger partial charge in [0, 0.05) is 25.7 Å². The molecule has 0 amide bonds. The lowest BCUT2D eigenvalue weighted by molar-refractivity contribution is 0.212. The summed E-state index contributed by atoms with van der Waals surface area (Å²) in [5.41, 5.74) is 0.295. The van der Waals surface area contributed by atoms with Crippen molar-refractivity contribution in [2.75, 3.05) is 31.6 Å². The van der Waals surface area contributed by atoms with Crippen LogP contribution in [0.4, 0.5) is 14.5 Å². The van der Waals surface area contributed by atoms with Gasteiger partial charge in [-0.3, -0.25) is 4.90 Å². The molecule has 19 heavy (non-hydrogen) atoms. The summed E-state index contributed by atoms with van der Waals surface area (Å²) in [5.74, 6) is -1.19. The molecule has 1 saturated heterocycles. The number of aliphatic hydroxyl groups is 1. The molecule has 0 spiro atoms. The fraction of sp³-hybridized carbons (Fsp3) is 0.571. The van der Waals surface area contributed by atoms with Crippen LogP contribution in [0.3, 0.4) is 0 Å². The summed E-state index contributed by atoms with van der Waals surface area (Å²) in [5, 5.41) is 8.95. The van der Waals surface area contributed by atoms with Crippen LogP contribution >= 0.6 is 0 Å². The molecule has 0 aromatic heterocycles. The molecule has 1 aromatic rings. The number of hydrogen-bond donors (Lipinski definition) is 1. The monoisotopic (exact) mass is 270 g/mol. The topological polar surface area (TPSA) is 26.7 Å². The summed E-state index contributed by atoms with van der Waals surface area (Å²) in [6.07, 6.45) is 0.949. The van der Waals surface area contributed by atoms with Gasteiger partial charge in [0.25, 0.3) is 0 Å². The number of aliphatic hydroxyl groups excluding tert-OH is 1. The molecule has 106 valence electrons. The Labute approximate surface area is 112 Å². The van der Waals surface area contributed by atoms with Crippen LogP contribution in [0.1, 0.15) is 18.9 Å². The SMILES string of the molecule is CCC1CN(c2c(F)cc(CO)cc2F)CCN1C. The van der Waals surface area contributed by atoms with Gasteiger partial charge in [0.15, 0.2) is 0 Å². The van der Waals surface area contributed by atoms with Crippen molar-refractivity contribution in [3.05, 3.63) is 29.3 Å². The van der Waals surface area contributed by atoms with E-state index in [-0.39, 0.29) is 17.9 Å². The van der Waals surface area contributed by atoms with Crippen LogP contribution in [-0.2, 0) is 6.61 Å². The summed E-state index contributed by atoms with van der Waals surface area (Å²) in [7, 11) is 2.03. The molecule has 1 aliphatic heterocycles. The minimum atomic E-state index is -0.594. The van der Waals surface area contributed by atoms with Gasteiger partial charge in [-0.05, 0) is 31.2 Å². The van der Waals surface area contributed by atoms with E-state index < -0.39 is 11.6 Å². The predicted molar refractivity (Wildman–Crippen MR) is 71.2 cm³/mol. The van der Waals surface area contributed by atoms with E-state index in [0.29, 0.717) is 19.1 Å². The summed E-state index contributed by atoms with van der Waals surface area (Å²) in [6.45, 7) is 3.75. The molecule has 1 fully saturated rings. The Balaban J connectivity index is 2.27. The molecule has 0 saturated carbocycles. The average Bonchev–Trinajstić information content (AvgIpc) is 2.39. The quantitative estimate of drug-likeness (QED) is 0.910. The third-order valence-electron chi connectivity index (χ3n) is 3.82. The van der Waals surface area contributed by atoms with E-state index in [2.05, 4.69) is 11.8 Å². The largest absolute Gasteiger partial charge is 0.392 e. The minimum Gasteiger partial charge on any atom is -0.392 e. The fourth-order valence-corrected chi connectivity index (χ4v) is 2.60. The number of nitrogens with zero attached hydrogens (tertiary/aromatic N) is 2. The maximum atomic E-state index is 14.0. The van der Waals surface area contributed by atoms with Crippen LogP contribution in [0, 0.1) is 11.6 Å². The lowest BCUT2D eigenvalue weighted by Gasteiger charge is -2.40. The zero-order valence-corrected chi connectivity index (χ0v) is 11.4. The number of likely N-dealkylation sites (N-methyl/N-ethyl adjacent to an activating group) is 1. The van der Waals surface area contributed by atoms with E-state index in [9.17, 15) is 8.78 Å². The highest BCUT2D eigenvalue weighted by molar-refractivity contribution is 5.51. The number of piperazine rings is 1. The van der Waals surface area contributed by atoms with Gasteiger partial charge in [0.05, 0.1) is 6.61 Å². The lowest BCUT2D eigenvalue weighted by atomic mass is 10.1. The van der Waals surface area contributed by atoms with Crippen molar-refractivity contribution >= 4 is 5.69 Å². The number of hydrogen-bond acceptors (Lipinski definition) is 3. The van der Waals surface area contributed by atoms with Gasteiger partial charge < -0.3 is 10.0 Å². The zero-order valence-electron chi connectivity index (χ0n) is 11.4. The van der Waals surface area contributed by atoms with Crippen molar-refractivity contribution in [1.82, 2.24) is 4.90 Å². The molecule has 5 heteroatoms. The van der Waals surface area contributed by atoms with Gasteiger partial charge in [0.2, 0.25) is 0 Å². The van der Waals surface area contributed by atoms with Crippen LogP contribution in [-0.4, -0.2) is 42.7 Å². The van der Waals surface area contributed by atoms with Gasteiger partial charge in [0.1, 0.15) is 17.3 Å². The third-order valence-corrected chi connectivity index (χ3v) is 3.82. The Hall–Kier alpha value is -1.20. The second-order valence-electron chi connectivity index (χ2n) is 5.05. The van der Waals surface area contributed by atoms with Crippen molar-refractivity contribution in [2.45, 2.75) is 26.0 Å². The Kier molecular flexibility index (Phi) is 4.37. The van der Waals surface area contributed by atoms with E-state index in [0.717, 1.165) is 13.0 Å². The number of anilines is 1. The fourth-order valence-electron chi connectivity index (χ4n) is 2.60. The highest BCUT2D eigenvalue weighted by Crippen LogP contribution is 2.27. The van der Waals surface area contributed by atoms with E-state index in [1.165, 1.54) is 12.1 Å². The van der Waals surface area contributed by atoms with Crippen LogP contribution < -0.4 is 4.90 Å². The molecule has 1 aromatic carbocycles. The van der Waals surface area contributed by atoms with Gasteiger partial charge >= 0.3 is 0 Å². The van der Waals surface area contributed by atoms with Gasteiger partial charge in [-0.2, -0.15) is 0 Å². The number of halogens is 2. The minimum absolute atomic E-state index is 0.0313. The van der Waals surface area contributed by atoms with Gasteiger partial charge in [-0.25, -0.2) is 8.78 Å². The summed E-state index contributed by atoms with van der Waals surface area (Å²) in [4.78, 5) is 3.98. The Bertz CT molecular complexity index is 430. The first-order valence-electron chi connectivity index (χ1n) is 6.60. The first-order chi connectivity index (χ1) is 9.06. The highest BCUT2D eigenvalue weighted by atomic mass is 19.1. The lowest BCUT2D eigenvalue weighted by Crippen LogP contribution is -2.51. The van der Waals surface area contributed by atoms with Crippen LogP contribution in [0.2, 0.25) is 0 Å². The average molecular weight is 270 g/mol. The maximum absolute atomic E-state index is 14.0. The highest BCUT2D eigenvalue weighted by Gasteiger charge is 2.26. The van der Waals surface area contributed by atoms with Gasteiger partial charge in [-0.1, -0.05) is 6.92 Å². The number of benzene rings is 1. The van der Waals surface area contributed by atoms with E-state index in [4.69, 9.17) is 5.11 Å². The molecule has 3 nitrogen and oxygen atoms in total. The predicted octanol–water partition coefficient (Wildman–Crippen LogP) is 1.99. The molecular weight excluding hydrogens is 250 g/mol. The molecule has 1 aliphatic rings. The van der Waals surface area contributed by atoms with Crippen LogP contribution in [0.5, 0.6) is 0 Å². The molecule has 1 unspecified atom stereocenters. The van der Waals surface area contributed by atoms with E-state index >= 15 is 0 Å². The molecule has 1 atom stereocenters. The maximum Gasteiger partial charge on any atom is 0.149 e. The molecular formula is C14H20F2N2O. The summed E-state index contributed by atoms with van der Waals surface area (Å²) >= 11 is 0.